The van der Waals surface area contributed by atoms with E-state index in [1.165, 1.54) is 11.9 Å². The molecule has 0 aliphatic heterocycles. The van der Waals surface area contributed by atoms with Crippen molar-refractivity contribution >= 4 is 59.4 Å². The maximum atomic E-state index is 13.8. The molecule has 0 aliphatic rings. The van der Waals surface area contributed by atoms with Gasteiger partial charge in [-0.15, -0.1) is 0 Å². The van der Waals surface area contributed by atoms with Gasteiger partial charge in [-0.3, -0.25) is 13.9 Å². The van der Waals surface area contributed by atoms with E-state index >= 15 is 0 Å². The van der Waals surface area contributed by atoms with Crippen LogP contribution in [0.15, 0.2) is 87.8 Å². The Labute approximate surface area is 228 Å². The molecular weight excluding hydrogens is 610 g/mol. The molecule has 3 aromatic carbocycles. The number of carbonyl (C=O) groups is 2. The normalized spacial score (nSPS) is 12.0. The van der Waals surface area contributed by atoms with E-state index in [0.717, 1.165) is 26.2 Å². The summed E-state index contributed by atoms with van der Waals surface area (Å²) in [4.78, 5) is 28.3. The predicted molar refractivity (Wildman–Crippen MR) is 149 cm³/mol. The van der Waals surface area contributed by atoms with Crippen LogP contribution in [0.5, 0.6) is 0 Å². The molecule has 2 amide bonds. The summed E-state index contributed by atoms with van der Waals surface area (Å²) in [6, 6.07) is 22.8. The number of anilines is 1. The highest BCUT2D eigenvalue weighted by Gasteiger charge is 2.33. The number of amides is 2. The average molecular weight is 637 g/mol. The van der Waals surface area contributed by atoms with Crippen LogP contribution in [0, 0.1) is 0 Å². The van der Waals surface area contributed by atoms with Gasteiger partial charge in [-0.1, -0.05) is 70.5 Å². The second kappa shape index (κ2) is 12.5. The van der Waals surface area contributed by atoms with Crippen LogP contribution >= 0.6 is 31.9 Å². The van der Waals surface area contributed by atoms with Crippen LogP contribution in [0.2, 0.25) is 0 Å². The van der Waals surface area contributed by atoms with Crippen molar-refractivity contribution in [3.05, 3.63) is 98.9 Å². The molecule has 0 saturated heterocycles. The van der Waals surface area contributed by atoms with E-state index in [9.17, 15) is 18.0 Å². The molecule has 7 nitrogen and oxygen atoms in total. The van der Waals surface area contributed by atoms with E-state index in [1.54, 1.807) is 24.3 Å². The van der Waals surface area contributed by atoms with Crippen LogP contribution in [-0.2, 0) is 32.6 Å². The first-order chi connectivity index (χ1) is 17.1. The van der Waals surface area contributed by atoms with Crippen molar-refractivity contribution in [1.29, 1.82) is 0 Å². The molecule has 0 bridgehead atoms. The van der Waals surface area contributed by atoms with Crippen LogP contribution in [0.4, 0.5) is 5.69 Å². The van der Waals surface area contributed by atoms with E-state index < -0.39 is 28.5 Å². The zero-order valence-electron chi connectivity index (χ0n) is 19.9. The fourth-order valence-corrected chi connectivity index (χ4v) is 5.50. The Kier molecular flexibility index (Phi) is 9.69. The summed E-state index contributed by atoms with van der Waals surface area (Å²) < 4.78 is 28.0. The summed E-state index contributed by atoms with van der Waals surface area (Å²) in [5, 5.41) is 2.66. The highest BCUT2D eigenvalue weighted by molar-refractivity contribution is 9.10. The molecule has 0 fully saturated rings. The van der Waals surface area contributed by atoms with Gasteiger partial charge in [0.1, 0.15) is 12.6 Å². The number of hydrogen-bond donors (Lipinski definition) is 1. The number of benzene rings is 3. The van der Waals surface area contributed by atoms with Crippen LogP contribution < -0.4 is 9.62 Å². The maximum Gasteiger partial charge on any atom is 0.244 e. The molecule has 0 spiro atoms. The second-order valence-corrected chi connectivity index (χ2v) is 11.9. The summed E-state index contributed by atoms with van der Waals surface area (Å²) >= 11 is 6.80. The zero-order valence-corrected chi connectivity index (χ0v) is 23.9. The Morgan fingerprint density at radius 2 is 1.50 bits per heavy atom. The van der Waals surface area contributed by atoms with E-state index in [1.807, 2.05) is 54.6 Å². The fourth-order valence-electron chi connectivity index (χ4n) is 3.76. The molecule has 0 radical (unpaired) electrons. The first-order valence-corrected chi connectivity index (χ1v) is 14.5. The van der Waals surface area contributed by atoms with E-state index in [-0.39, 0.29) is 18.9 Å². The molecule has 36 heavy (non-hydrogen) atoms. The Morgan fingerprint density at radius 1 is 0.889 bits per heavy atom. The molecule has 0 heterocycles. The van der Waals surface area contributed by atoms with Crippen molar-refractivity contribution in [3.8, 4) is 0 Å². The number of para-hydroxylation sites is 1. The van der Waals surface area contributed by atoms with Gasteiger partial charge in [0.05, 0.1) is 11.9 Å². The van der Waals surface area contributed by atoms with Crippen LogP contribution in [0.25, 0.3) is 0 Å². The molecule has 0 aromatic heterocycles. The van der Waals surface area contributed by atoms with Gasteiger partial charge < -0.3 is 10.2 Å². The van der Waals surface area contributed by atoms with Gasteiger partial charge in [-0.05, 0) is 51.3 Å². The van der Waals surface area contributed by atoms with Gasteiger partial charge in [-0.25, -0.2) is 8.42 Å². The Morgan fingerprint density at radius 3 is 2.08 bits per heavy atom. The third-order valence-corrected chi connectivity index (χ3v) is 7.91. The molecule has 190 valence electrons. The van der Waals surface area contributed by atoms with Crippen molar-refractivity contribution in [2.75, 3.05) is 24.2 Å². The molecule has 0 unspecified atom stereocenters. The number of sulfonamides is 1. The lowest BCUT2D eigenvalue weighted by molar-refractivity contribution is -0.139. The Bertz CT molecular complexity index is 1300. The van der Waals surface area contributed by atoms with Gasteiger partial charge in [0.15, 0.2) is 0 Å². The van der Waals surface area contributed by atoms with Crippen molar-refractivity contribution in [2.24, 2.45) is 0 Å². The summed E-state index contributed by atoms with van der Waals surface area (Å²) in [5.74, 6) is -0.834. The molecule has 3 rings (SSSR count). The van der Waals surface area contributed by atoms with Crippen LogP contribution in [-0.4, -0.2) is 51.0 Å². The lowest BCUT2D eigenvalue weighted by Crippen LogP contribution is -2.52. The average Bonchev–Trinajstić information content (AvgIpc) is 2.85. The topological polar surface area (TPSA) is 86.8 Å². The smallest absolute Gasteiger partial charge is 0.244 e. The predicted octanol–water partition coefficient (Wildman–Crippen LogP) is 4.36. The van der Waals surface area contributed by atoms with Crippen molar-refractivity contribution in [3.63, 3.8) is 0 Å². The maximum absolute atomic E-state index is 13.8. The second-order valence-electron chi connectivity index (χ2n) is 8.19. The molecule has 10 heteroatoms. The molecule has 1 atom stereocenters. The number of nitrogens with zero attached hydrogens (tertiary/aromatic N) is 2. The molecule has 1 N–H and O–H groups in total. The van der Waals surface area contributed by atoms with Crippen LogP contribution in [0.3, 0.4) is 0 Å². The third-order valence-electron chi connectivity index (χ3n) is 5.58. The van der Waals surface area contributed by atoms with Crippen molar-refractivity contribution in [1.82, 2.24) is 10.2 Å². The third kappa shape index (κ3) is 7.41. The minimum absolute atomic E-state index is 0.130. The summed E-state index contributed by atoms with van der Waals surface area (Å²) in [5.41, 5.74) is 2.03. The van der Waals surface area contributed by atoms with E-state index in [2.05, 4.69) is 37.2 Å². The van der Waals surface area contributed by atoms with Gasteiger partial charge in [0.25, 0.3) is 0 Å². The minimum atomic E-state index is -3.81. The fraction of sp³-hybridized carbons (Fsp3) is 0.231. The standard InChI is InChI=1S/C26H27Br2N3O4S/c1-29-26(33)24(16-19-8-4-3-5-9-19)30(17-20-12-14-21(27)15-13-20)25(32)18-31(36(2,34)35)23-11-7-6-10-22(23)28/h3-15,24H,16-18H2,1-2H3,(H,29,33)/t24-/m0/s1. The lowest BCUT2D eigenvalue weighted by Gasteiger charge is -2.33. The molecule has 0 saturated carbocycles. The first-order valence-electron chi connectivity index (χ1n) is 11.1. The van der Waals surface area contributed by atoms with Gasteiger partial charge in [0.2, 0.25) is 21.8 Å². The van der Waals surface area contributed by atoms with Gasteiger partial charge in [-0.2, -0.15) is 0 Å². The summed E-state index contributed by atoms with van der Waals surface area (Å²) in [7, 11) is -2.29. The summed E-state index contributed by atoms with van der Waals surface area (Å²) in [6.07, 6.45) is 1.33. The number of rotatable bonds is 10. The van der Waals surface area contributed by atoms with E-state index in [4.69, 9.17) is 0 Å². The SMILES string of the molecule is CNC(=O)[C@H](Cc1ccccc1)N(Cc1ccc(Br)cc1)C(=O)CN(c1ccccc1Br)S(C)(=O)=O. The quantitative estimate of drug-likeness (QED) is 0.358. The molecule has 3 aromatic rings. The Hall–Kier alpha value is -2.69. The van der Waals surface area contributed by atoms with Gasteiger partial charge >= 0.3 is 0 Å². The van der Waals surface area contributed by atoms with Crippen molar-refractivity contribution in [2.45, 2.75) is 19.0 Å². The number of halogens is 2. The Balaban J connectivity index is 2.03. The highest BCUT2D eigenvalue weighted by atomic mass is 79.9. The van der Waals surface area contributed by atoms with Crippen molar-refractivity contribution < 1.29 is 18.0 Å². The number of hydrogen-bond acceptors (Lipinski definition) is 4. The monoisotopic (exact) mass is 635 g/mol. The first kappa shape index (κ1) is 27.9. The number of nitrogens with one attached hydrogen (secondary N) is 1. The minimum Gasteiger partial charge on any atom is -0.357 e. The molecular formula is C26H27Br2N3O4S. The van der Waals surface area contributed by atoms with Gasteiger partial charge in [0, 0.05) is 29.0 Å². The number of likely N-dealkylation sites (N-methyl/N-ethyl adjacent to an activating group) is 1. The summed E-state index contributed by atoms with van der Waals surface area (Å²) in [6.45, 7) is -0.329. The molecule has 0 aliphatic carbocycles. The number of carbonyl (C=O) groups excluding carboxylic acids is 2. The zero-order chi connectivity index (χ0) is 26.3. The highest BCUT2D eigenvalue weighted by Crippen LogP contribution is 2.28. The van der Waals surface area contributed by atoms with Crippen LogP contribution in [0.1, 0.15) is 11.1 Å². The lowest BCUT2D eigenvalue weighted by atomic mass is 10.0. The van der Waals surface area contributed by atoms with E-state index in [0.29, 0.717) is 10.2 Å². The largest absolute Gasteiger partial charge is 0.357 e.